The SMILES string of the molecule is O=S(=O)(Nc1cccc(-c2c(O)ccc3cc(-c4cccc(O)c4)ccc23)c1)c1cc[c]cc1. The van der Waals surface area contributed by atoms with Gasteiger partial charge < -0.3 is 10.2 Å². The molecule has 0 saturated carbocycles. The first kappa shape index (κ1) is 21.6. The van der Waals surface area contributed by atoms with Crippen LogP contribution in [-0.4, -0.2) is 18.6 Å². The molecule has 5 nitrogen and oxygen atoms in total. The first-order valence-corrected chi connectivity index (χ1v) is 12.0. The zero-order valence-electron chi connectivity index (χ0n) is 17.9. The Morgan fingerprint density at radius 2 is 1.44 bits per heavy atom. The fourth-order valence-corrected chi connectivity index (χ4v) is 5.04. The predicted molar refractivity (Wildman–Crippen MR) is 134 cm³/mol. The number of rotatable bonds is 5. The topological polar surface area (TPSA) is 86.6 Å². The van der Waals surface area contributed by atoms with Crippen molar-refractivity contribution in [1.82, 2.24) is 0 Å². The van der Waals surface area contributed by atoms with E-state index in [9.17, 15) is 18.6 Å². The van der Waals surface area contributed by atoms with Gasteiger partial charge in [0.15, 0.2) is 0 Å². The summed E-state index contributed by atoms with van der Waals surface area (Å²) in [5.41, 5.74) is 3.48. The molecule has 0 aromatic heterocycles. The average molecular weight is 467 g/mol. The van der Waals surface area contributed by atoms with Crippen LogP contribution in [0.4, 0.5) is 5.69 Å². The molecule has 0 bridgehead atoms. The maximum absolute atomic E-state index is 12.7. The van der Waals surface area contributed by atoms with Crippen LogP contribution in [-0.2, 0) is 10.0 Å². The minimum atomic E-state index is -3.76. The first-order chi connectivity index (χ1) is 16.4. The maximum atomic E-state index is 12.7. The summed E-state index contributed by atoms with van der Waals surface area (Å²) < 4.78 is 28.1. The number of phenolic OH excluding ortho intramolecular Hbond substituents is 2. The van der Waals surface area contributed by atoms with Gasteiger partial charge in [0.2, 0.25) is 0 Å². The molecule has 0 fully saturated rings. The summed E-state index contributed by atoms with van der Waals surface area (Å²) >= 11 is 0. The zero-order valence-corrected chi connectivity index (χ0v) is 18.8. The smallest absolute Gasteiger partial charge is 0.261 e. The molecule has 167 valence electrons. The fraction of sp³-hybridized carbons (Fsp3) is 0. The molecule has 0 aliphatic rings. The van der Waals surface area contributed by atoms with Crippen molar-refractivity contribution in [2.75, 3.05) is 4.72 Å². The summed E-state index contributed by atoms with van der Waals surface area (Å²) in [6.07, 6.45) is 0. The van der Waals surface area contributed by atoms with Crippen LogP contribution in [0, 0.1) is 6.07 Å². The molecule has 0 amide bonds. The van der Waals surface area contributed by atoms with Crippen LogP contribution in [0.5, 0.6) is 11.5 Å². The van der Waals surface area contributed by atoms with Crippen molar-refractivity contribution in [3.8, 4) is 33.8 Å². The summed E-state index contributed by atoms with van der Waals surface area (Å²) in [7, 11) is -3.76. The second kappa shape index (κ2) is 8.57. The van der Waals surface area contributed by atoms with E-state index in [1.54, 1.807) is 54.6 Å². The van der Waals surface area contributed by atoms with Crippen LogP contribution in [0.2, 0.25) is 0 Å². The average Bonchev–Trinajstić information content (AvgIpc) is 2.84. The Morgan fingerprint density at radius 1 is 0.706 bits per heavy atom. The predicted octanol–water partition coefficient (Wildman–Crippen LogP) is 6.19. The fourth-order valence-electron chi connectivity index (χ4n) is 3.99. The summed E-state index contributed by atoms with van der Waals surface area (Å²) in [5, 5.41) is 22.2. The summed E-state index contributed by atoms with van der Waals surface area (Å²) in [5.74, 6) is 0.285. The number of hydrogen-bond acceptors (Lipinski definition) is 4. The van der Waals surface area contributed by atoms with Crippen LogP contribution in [0.15, 0.2) is 108 Å². The van der Waals surface area contributed by atoms with Gasteiger partial charge in [0, 0.05) is 11.3 Å². The third kappa shape index (κ3) is 4.19. The van der Waals surface area contributed by atoms with Gasteiger partial charge in [0.05, 0.1) is 4.90 Å². The number of fused-ring (bicyclic) bond motifs is 1. The maximum Gasteiger partial charge on any atom is 0.261 e. The van der Waals surface area contributed by atoms with Crippen molar-refractivity contribution < 1.29 is 18.6 Å². The van der Waals surface area contributed by atoms with Gasteiger partial charge in [-0.15, -0.1) is 0 Å². The van der Waals surface area contributed by atoms with Gasteiger partial charge in [-0.2, -0.15) is 0 Å². The van der Waals surface area contributed by atoms with Crippen molar-refractivity contribution in [3.63, 3.8) is 0 Å². The van der Waals surface area contributed by atoms with E-state index in [2.05, 4.69) is 10.8 Å². The van der Waals surface area contributed by atoms with Crippen molar-refractivity contribution in [3.05, 3.63) is 109 Å². The molecule has 34 heavy (non-hydrogen) atoms. The van der Waals surface area contributed by atoms with E-state index in [0.717, 1.165) is 21.9 Å². The first-order valence-electron chi connectivity index (χ1n) is 10.6. The molecule has 0 aliphatic carbocycles. The molecule has 5 aromatic rings. The van der Waals surface area contributed by atoms with E-state index >= 15 is 0 Å². The standard InChI is InChI=1S/C28H20NO4S/c30-24-9-5-6-19(18-24)20-12-14-26-21(16-20)13-15-27(31)28(26)22-7-4-8-23(17-22)29-34(32,33)25-10-2-1-3-11-25/h2-18,29-31H. The summed E-state index contributed by atoms with van der Waals surface area (Å²) in [4.78, 5) is 0.143. The molecular formula is C28H20NO4S. The van der Waals surface area contributed by atoms with Gasteiger partial charge in [-0.05, 0) is 82.1 Å². The molecule has 5 aromatic carbocycles. The summed E-state index contributed by atoms with van der Waals surface area (Å²) in [6, 6.07) is 32.1. The van der Waals surface area contributed by atoms with Crippen molar-refractivity contribution in [2.24, 2.45) is 0 Å². The van der Waals surface area contributed by atoms with Crippen LogP contribution in [0.3, 0.4) is 0 Å². The van der Waals surface area contributed by atoms with Crippen LogP contribution < -0.4 is 4.72 Å². The quantitative estimate of drug-likeness (QED) is 0.288. The Hall–Kier alpha value is -4.29. The monoisotopic (exact) mass is 466 g/mol. The van der Waals surface area contributed by atoms with Gasteiger partial charge in [0.1, 0.15) is 11.5 Å². The molecule has 5 rings (SSSR count). The molecule has 3 N–H and O–H groups in total. The molecule has 1 radical (unpaired) electrons. The lowest BCUT2D eigenvalue weighted by atomic mass is 9.94. The highest BCUT2D eigenvalue weighted by molar-refractivity contribution is 7.92. The number of phenols is 2. The second-order valence-electron chi connectivity index (χ2n) is 7.87. The van der Waals surface area contributed by atoms with Crippen molar-refractivity contribution in [1.29, 1.82) is 0 Å². The molecule has 0 aliphatic heterocycles. The van der Waals surface area contributed by atoms with Gasteiger partial charge in [-0.25, -0.2) is 8.42 Å². The van der Waals surface area contributed by atoms with Gasteiger partial charge in [-0.1, -0.05) is 54.6 Å². The van der Waals surface area contributed by atoms with Crippen molar-refractivity contribution in [2.45, 2.75) is 4.90 Å². The van der Waals surface area contributed by atoms with E-state index < -0.39 is 10.0 Å². The van der Waals surface area contributed by atoms with E-state index in [1.807, 2.05) is 36.4 Å². The third-order valence-electron chi connectivity index (χ3n) is 5.58. The molecule has 0 saturated heterocycles. The Morgan fingerprint density at radius 3 is 2.24 bits per heavy atom. The highest BCUT2D eigenvalue weighted by Crippen LogP contribution is 2.39. The number of nitrogens with one attached hydrogen (secondary N) is 1. The Bertz CT molecular complexity index is 1610. The lowest BCUT2D eigenvalue weighted by Gasteiger charge is -2.13. The van der Waals surface area contributed by atoms with Gasteiger partial charge in [-0.3, -0.25) is 4.72 Å². The van der Waals surface area contributed by atoms with E-state index in [4.69, 9.17) is 0 Å². The Kier molecular flexibility index (Phi) is 5.43. The molecule has 0 atom stereocenters. The number of benzene rings is 5. The molecule has 0 unspecified atom stereocenters. The van der Waals surface area contributed by atoms with Crippen molar-refractivity contribution >= 4 is 26.5 Å². The third-order valence-corrected chi connectivity index (χ3v) is 6.98. The molecule has 6 heteroatoms. The second-order valence-corrected chi connectivity index (χ2v) is 9.55. The van der Waals surface area contributed by atoms with Gasteiger partial charge >= 0.3 is 0 Å². The zero-order chi connectivity index (χ0) is 23.7. The molecular weight excluding hydrogens is 446 g/mol. The lowest BCUT2D eigenvalue weighted by Crippen LogP contribution is -2.12. The number of hydrogen-bond donors (Lipinski definition) is 3. The molecule has 0 spiro atoms. The van der Waals surface area contributed by atoms with Crippen LogP contribution >= 0.6 is 0 Å². The lowest BCUT2D eigenvalue weighted by molar-refractivity contribution is 0.475. The minimum absolute atomic E-state index is 0.0937. The Labute approximate surface area is 197 Å². The largest absolute Gasteiger partial charge is 0.508 e. The highest BCUT2D eigenvalue weighted by Gasteiger charge is 2.15. The Balaban J connectivity index is 1.56. The number of anilines is 1. The van der Waals surface area contributed by atoms with E-state index in [-0.39, 0.29) is 16.4 Å². The molecule has 0 heterocycles. The highest BCUT2D eigenvalue weighted by atomic mass is 32.2. The number of sulfonamides is 1. The van der Waals surface area contributed by atoms with E-state index in [1.165, 1.54) is 12.1 Å². The van der Waals surface area contributed by atoms with E-state index in [0.29, 0.717) is 16.8 Å². The summed E-state index contributed by atoms with van der Waals surface area (Å²) in [6.45, 7) is 0. The normalized spacial score (nSPS) is 11.4. The minimum Gasteiger partial charge on any atom is -0.508 e. The number of aromatic hydroxyl groups is 2. The van der Waals surface area contributed by atoms with Crippen LogP contribution in [0.1, 0.15) is 0 Å². The van der Waals surface area contributed by atoms with Gasteiger partial charge in [0.25, 0.3) is 10.0 Å². The van der Waals surface area contributed by atoms with Crippen LogP contribution in [0.25, 0.3) is 33.0 Å².